The average molecular weight is 419 g/mol. The van der Waals surface area contributed by atoms with Crippen LogP contribution in [0.25, 0.3) is 0 Å². The van der Waals surface area contributed by atoms with Crippen LogP contribution < -0.4 is 14.4 Å². The van der Waals surface area contributed by atoms with Crippen molar-refractivity contribution in [2.45, 2.75) is 39.2 Å². The molecule has 0 aliphatic rings. The SMILES string of the molecule is CCOc1ccccc1N(CCCC(=O)NC(CC)c1ccccc1)S(C)(=O)=O. The highest BCUT2D eigenvalue weighted by Crippen LogP contribution is 2.30. The van der Waals surface area contributed by atoms with Crippen LogP contribution in [0.5, 0.6) is 5.75 Å². The van der Waals surface area contributed by atoms with Gasteiger partial charge in [0.1, 0.15) is 5.75 Å². The Morgan fingerprint density at radius 2 is 1.72 bits per heavy atom. The van der Waals surface area contributed by atoms with E-state index in [0.717, 1.165) is 18.2 Å². The maximum absolute atomic E-state index is 12.4. The van der Waals surface area contributed by atoms with Crippen LogP contribution in [0.2, 0.25) is 0 Å². The molecule has 0 bridgehead atoms. The molecule has 1 amide bonds. The molecule has 29 heavy (non-hydrogen) atoms. The van der Waals surface area contributed by atoms with Crippen molar-refractivity contribution in [3.8, 4) is 5.75 Å². The fraction of sp³-hybridized carbons (Fsp3) is 0.409. The molecule has 0 aromatic heterocycles. The Hall–Kier alpha value is -2.54. The van der Waals surface area contributed by atoms with Gasteiger partial charge >= 0.3 is 0 Å². The Morgan fingerprint density at radius 1 is 1.07 bits per heavy atom. The van der Waals surface area contributed by atoms with Gasteiger partial charge in [-0.25, -0.2) is 8.42 Å². The van der Waals surface area contributed by atoms with Gasteiger partial charge in [-0.2, -0.15) is 0 Å². The lowest BCUT2D eigenvalue weighted by Crippen LogP contribution is -2.33. The number of hydrogen-bond donors (Lipinski definition) is 1. The monoisotopic (exact) mass is 418 g/mol. The number of nitrogens with zero attached hydrogens (tertiary/aromatic N) is 1. The third kappa shape index (κ3) is 6.78. The molecule has 7 heteroatoms. The molecule has 1 atom stereocenters. The molecule has 0 fully saturated rings. The summed E-state index contributed by atoms with van der Waals surface area (Å²) < 4.78 is 31.6. The molecule has 2 aromatic rings. The Kier molecular flexibility index (Phi) is 8.51. The summed E-state index contributed by atoms with van der Waals surface area (Å²) in [5.41, 5.74) is 1.56. The van der Waals surface area contributed by atoms with Crippen LogP contribution in [0.1, 0.15) is 44.7 Å². The van der Waals surface area contributed by atoms with Crippen LogP contribution in [-0.2, 0) is 14.8 Å². The molecule has 158 valence electrons. The summed E-state index contributed by atoms with van der Waals surface area (Å²) in [4.78, 5) is 12.4. The highest BCUT2D eigenvalue weighted by Gasteiger charge is 2.21. The van der Waals surface area contributed by atoms with Crippen molar-refractivity contribution in [3.05, 3.63) is 60.2 Å². The van der Waals surface area contributed by atoms with E-state index >= 15 is 0 Å². The summed E-state index contributed by atoms with van der Waals surface area (Å²) in [6.45, 7) is 4.52. The van der Waals surface area contributed by atoms with E-state index in [0.29, 0.717) is 24.5 Å². The zero-order valence-corrected chi connectivity index (χ0v) is 18.1. The predicted octanol–water partition coefficient (Wildman–Crippen LogP) is 3.90. The molecule has 0 aliphatic heterocycles. The smallest absolute Gasteiger partial charge is 0.232 e. The third-order valence-electron chi connectivity index (χ3n) is 4.54. The molecule has 2 aromatic carbocycles. The topological polar surface area (TPSA) is 75.7 Å². The Bertz CT molecular complexity index is 885. The first-order valence-corrected chi connectivity index (χ1v) is 11.8. The first-order valence-electron chi connectivity index (χ1n) is 9.90. The maximum Gasteiger partial charge on any atom is 0.232 e. The fourth-order valence-corrected chi connectivity index (χ4v) is 4.13. The van der Waals surface area contributed by atoms with Crippen LogP contribution in [0.3, 0.4) is 0 Å². The molecular weight excluding hydrogens is 388 g/mol. The molecule has 1 unspecified atom stereocenters. The van der Waals surface area contributed by atoms with Crippen LogP contribution >= 0.6 is 0 Å². The Morgan fingerprint density at radius 3 is 2.34 bits per heavy atom. The minimum Gasteiger partial charge on any atom is -0.492 e. The zero-order chi connectivity index (χ0) is 21.3. The van der Waals surface area contributed by atoms with Gasteiger partial charge in [0.05, 0.1) is 24.6 Å². The maximum atomic E-state index is 12.4. The molecule has 0 radical (unpaired) electrons. The number of amides is 1. The van der Waals surface area contributed by atoms with Gasteiger partial charge in [0.25, 0.3) is 0 Å². The van der Waals surface area contributed by atoms with E-state index in [1.54, 1.807) is 24.3 Å². The number of carbonyl (C=O) groups is 1. The second-order valence-electron chi connectivity index (χ2n) is 6.78. The minimum atomic E-state index is -3.51. The summed E-state index contributed by atoms with van der Waals surface area (Å²) in [5.74, 6) is 0.423. The predicted molar refractivity (Wildman–Crippen MR) is 117 cm³/mol. The van der Waals surface area contributed by atoms with Crippen LogP contribution in [0, 0.1) is 0 Å². The number of nitrogens with one attached hydrogen (secondary N) is 1. The molecule has 0 heterocycles. The van der Waals surface area contributed by atoms with Crippen LogP contribution in [-0.4, -0.2) is 33.7 Å². The number of ether oxygens (including phenoxy) is 1. The van der Waals surface area contributed by atoms with E-state index in [2.05, 4.69) is 5.32 Å². The first kappa shape index (κ1) is 22.7. The lowest BCUT2D eigenvalue weighted by Gasteiger charge is -2.24. The number of para-hydroxylation sites is 2. The summed E-state index contributed by atoms with van der Waals surface area (Å²) in [5, 5.41) is 3.04. The Balaban J connectivity index is 2.01. The van der Waals surface area contributed by atoms with Crippen LogP contribution in [0.4, 0.5) is 5.69 Å². The number of anilines is 1. The number of benzene rings is 2. The summed E-state index contributed by atoms with van der Waals surface area (Å²) >= 11 is 0. The van der Waals surface area contributed by atoms with Gasteiger partial charge in [-0.15, -0.1) is 0 Å². The van der Waals surface area contributed by atoms with Crippen molar-refractivity contribution in [2.24, 2.45) is 0 Å². The first-order chi connectivity index (χ1) is 13.9. The van der Waals surface area contributed by atoms with E-state index in [4.69, 9.17) is 4.74 Å². The lowest BCUT2D eigenvalue weighted by molar-refractivity contribution is -0.121. The molecule has 0 aliphatic carbocycles. The third-order valence-corrected chi connectivity index (χ3v) is 5.72. The van der Waals surface area contributed by atoms with Crippen molar-refractivity contribution in [3.63, 3.8) is 0 Å². The van der Waals surface area contributed by atoms with Crippen molar-refractivity contribution < 1.29 is 17.9 Å². The van der Waals surface area contributed by atoms with E-state index < -0.39 is 10.0 Å². The molecule has 0 saturated carbocycles. The highest BCUT2D eigenvalue weighted by atomic mass is 32.2. The van der Waals surface area contributed by atoms with Crippen molar-refractivity contribution >= 4 is 21.6 Å². The quantitative estimate of drug-likeness (QED) is 0.600. The van der Waals surface area contributed by atoms with E-state index in [-0.39, 0.29) is 24.9 Å². The number of hydrogen-bond acceptors (Lipinski definition) is 4. The van der Waals surface area contributed by atoms with Gasteiger partial charge in [0, 0.05) is 13.0 Å². The number of sulfonamides is 1. The summed E-state index contributed by atoms with van der Waals surface area (Å²) in [6, 6.07) is 16.8. The summed E-state index contributed by atoms with van der Waals surface area (Å²) in [7, 11) is -3.51. The Labute approximate surface area is 173 Å². The summed E-state index contributed by atoms with van der Waals surface area (Å²) in [6.07, 6.45) is 2.60. The molecule has 0 spiro atoms. The van der Waals surface area contributed by atoms with Crippen LogP contribution in [0.15, 0.2) is 54.6 Å². The molecule has 0 saturated heterocycles. The van der Waals surface area contributed by atoms with Crippen molar-refractivity contribution in [1.29, 1.82) is 0 Å². The second-order valence-corrected chi connectivity index (χ2v) is 8.69. The molecular formula is C22H30N2O4S. The largest absolute Gasteiger partial charge is 0.492 e. The second kappa shape index (κ2) is 10.9. The average Bonchev–Trinajstić information content (AvgIpc) is 2.70. The van der Waals surface area contributed by atoms with Gasteiger partial charge in [-0.1, -0.05) is 49.4 Å². The standard InChI is InChI=1S/C22H30N2O4S/c1-4-19(18-12-7-6-8-13-18)23-22(25)16-11-17-24(29(3,26)27)20-14-9-10-15-21(20)28-5-2/h6-10,12-15,19H,4-5,11,16-17H2,1-3H3,(H,23,25). The van der Waals surface area contributed by atoms with E-state index in [1.807, 2.05) is 44.2 Å². The molecule has 1 N–H and O–H groups in total. The normalized spacial score (nSPS) is 12.2. The molecule has 2 rings (SSSR count). The van der Waals surface area contributed by atoms with Crippen molar-refractivity contribution in [2.75, 3.05) is 23.7 Å². The van der Waals surface area contributed by atoms with Gasteiger partial charge in [-0.05, 0) is 37.5 Å². The fourth-order valence-electron chi connectivity index (χ4n) is 3.16. The highest BCUT2D eigenvalue weighted by molar-refractivity contribution is 7.92. The zero-order valence-electron chi connectivity index (χ0n) is 17.3. The number of rotatable bonds is 11. The lowest BCUT2D eigenvalue weighted by atomic mass is 10.0. The minimum absolute atomic E-state index is 0.0478. The van der Waals surface area contributed by atoms with E-state index in [9.17, 15) is 13.2 Å². The van der Waals surface area contributed by atoms with Gasteiger partial charge < -0.3 is 10.1 Å². The number of carbonyl (C=O) groups excluding carboxylic acids is 1. The van der Waals surface area contributed by atoms with Gasteiger partial charge in [0.15, 0.2) is 0 Å². The van der Waals surface area contributed by atoms with Gasteiger partial charge in [-0.3, -0.25) is 9.10 Å². The van der Waals surface area contributed by atoms with Crippen molar-refractivity contribution in [1.82, 2.24) is 5.32 Å². The van der Waals surface area contributed by atoms with E-state index in [1.165, 1.54) is 4.31 Å². The van der Waals surface area contributed by atoms with Gasteiger partial charge in [0.2, 0.25) is 15.9 Å². The molecule has 6 nitrogen and oxygen atoms in total.